The van der Waals surface area contributed by atoms with E-state index in [0.29, 0.717) is 13.0 Å². The minimum atomic E-state index is -0.00192. The molecule has 2 nitrogen and oxygen atoms in total. The summed E-state index contributed by atoms with van der Waals surface area (Å²) in [5, 5.41) is 2.75. The molecule has 15 heavy (non-hydrogen) atoms. The molecular formula is C11H11Br2NO. The standard InChI is InChI=1S/C11H11Br2NO/c1-8(12)7-14-11(15)6-9-2-4-10(13)5-3-9/h2-5H,1,6-7H2,(H,14,15). The normalized spacial score (nSPS) is 9.73. The summed E-state index contributed by atoms with van der Waals surface area (Å²) >= 11 is 6.53. The molecule has 0 aliphatic heterocycles. The number of hydrogen-bond acceptors (Lipinski definition) is 1. The SMILES string of the molecule is C=C(Br)CNC(=O)Cc1ccc(Br)cc1. The second-order valence-electron chi connectivity index (χ2n) is 3.10. The Morgan fingerprint density at radius 2 is 1.93 bits per heavy atom. The third-order valence-electron chi connectivity index (χ3n) is 1.76. The van der Waals surface area contributed by atoms with E-state index in [9.17, 15) is 4.79 Å². The summed E-state index contributed by atoms with van der Waals surface area (Å²) in [6.07, 6.45) is 0.396. The number of hydrogen-bond donors (Lipinski definition) is 1. The monoisotopic (exact) mass is 331 g/mol. The molecule has 0 aromatic heterocycles. The minimum Gasteiger partial charge on any atom is -0.351 e. The second kappa shape index (κ2) is 6.08. The number of benzene rings is 1. The van der Waals surface area contributed by atoms with Gasteiger partial charge in [-0.1, -0.05) is 50.6 Å². The Bertz CT molecular complexity index is 359. The third-order valence-corrected chi connectivity index (χ3v) is 2.56. The van der Waals surface area contributed by atoms with E-state index in [-0.39, 0.29) is 5.91 Å². The molecule has 0 atom stereocenters. The van der Waals surface area contributed by atoms with Gasteiger partial charge in [0.1, 0.15) is 0 Å². The molecule has 0 heterocycles. The minimum absolute atomic E-state index is 0.00192. The Morgan fingerprint density at radius 3 is 2.47 bits per heavy atom. The van der Waals surface area contributed by atoms with E-state index in [4.69, 9.17) is 0 Å². The van der Waals surface area contributed by atoms with Crippen LogP contribution in [-0.2, 0) is 11.2 Å². The van der Waals surface area contributed by atoms with Gasteiger partial charge in [0.15, 0.2) is 0 Å². The first-order valence-electron chi connectivity index (χ1n) is 4.42. The highest BCUT2D eigenvalue weighted by Crippen LogP contribution is 2.10. The molecule has 1 amide bonds. The Morgan fingerprint density at radius 1 is 1.33 bits per heavy atom. The molecule has 1 aromatic rings. The fraction of sp³-hybridized carbons (Fsp3) is 0.182. The van der Waals surface area contributed by atoms with Crippen LogP contribution in [0.4, 0.5) is 0 Å². The summed E-state index contributed by atoms with van der Waals surface area (Å²) in [6, 6.07) is 7.69. The lowest BCUT2D eigenvalue weighted by atomic mass is 10.1. The first-order chi connectivity index (χ1) is 7.08. The van der Waals surface area contributed by atoms with E-state index in [1.807, 2.05) is 24.3 Å². The molecule has 1 rings (SSSR count). The molecule has 0 unspecified atom stereocenters. The van der Waals surface area contributed by atoms with E-state index in [1.54, 1.807) is 0 Å². The first-order valence-corrected chi connectivity index (χ1v) is 6.01. The van der Waals surface area contributed by atoms with Crippen molar-refractivity contribution >= 4 is 37.8 Å². The maximum absolute atomic E-state index is 11.4. The average molecular weight is 333 g/mol. The van der Waals surface area contributed by atoms with E-state index in [1.165, 1.54) is 0 Å². The zero-order valence-electron chi connectivity index (χ0n) is 8.09. The highest BCUT2D eigenvalue weighted by atomic mass is 79.9. The van der Waals surface area contributed by atoms with Crippen molar-refractivity contribution < 1.29 is 4.79 Å². The van der Waals surface area contributed by atoms with Gasteiger partial charge in [0, 0.05) is 15.5 Å². The molecule has 4 heteroatoms. The number of rotatable bonds is 4. The number of amides is 1. The van der Waals surface area contributed by atoms with Crippen LogP contribution >= 0.6 is 31.9 Å². The van der Waals surface area contributed by atoms with Crippen molar-refractivity contribution in [1.82, 2.24) is 5.32 Å². The van der Waals surface area contributed by atoms with Gasteiger partial charge in [-0.2, -0.15) is 0 Å². The zero-order chi connectivity index (χ0) is 11.3. The van der Waals surface area contributed by atoms with Crippen molar-refractivity contribution in [2.75, 3.05) is 6.54 Å². The summed E-state index contributed by atoms with van der Waals surface area (Å²) in [6.45, 7) is 4.11. The third kappa shape index (κ3) is 5.14. The number of nitrogens with one attached hydrogen (secondary N) is 1. The van der Waals surface area contributed by atoms with E-state index < -0.39 is 0 Å². The number of halogens is 2. The van der Waals surface area contributed by atoms with E-state index in [2.05, 4.69) is 43.8 Å². The fourth-order valence-corrected chi connectivity index (χ4v) is 1.45. The molecule has 1 aromatic carbocycles. The highest BCUT2D eigenvalue weighted by molar-refractivity contribution is 9.11. The average Bonchev–Trinajstić information content (AvgIpc) is 2.19. The Labute approximate surface area is 106 Å². The largest absolute Gasteiger partial charge is 0.351 e. The predicted octanol–water partition coefficient (Wildman–Crippen LogP) is 3.02. The Balaban J connectivity index is 2.44. The topological polar surface area (TPSA) is 29.1 Å². The molecule has 0 fully saturated rings. The lowest BCUT2D eigenvalue weighted by Crippen LogP contribution is -2.25. The van der Waals surface area contributed by atoms with Gasteiger partial charge in [-0.15, -0.1) is 0 Å². The van der Waals surface area contributed by atoms with Crippen LogP contribution in [0.25, 0.3) is 0 Å². The maximum Gasteiger partial charge on any atom is 0.224 e. The van der Waals surface area contributed by atoms with Crippen LogP contribution < -0.4 is 5.32 Å². The van der Waals surface area contributed by atoms with Crippen LogP contribution in [0.2, 0.25) is 0 Å². The van der Waals surface area contributed by atoms with Crippen LogP contribution in [0.5, 0.6) is 0 Å². The Kier molecular flexibility index (Phi) is 5.05. The lowest BCUT2D eigenvalue weighted by Gasteiger charge is -2.04. The van der Waals surface area contributed by atoms with Gasteiger partial charge in [-0.3, -0.25) is 4.79 Å². The van der Waals surface area contributed by atoms with Crippen molar-refractivity contribution in [2.24, 2.45) is 0 Å². The van der Waals surface area contributed by atoms with Gasteiger partial charge >= 0.3 is 0 Å². The fourth-order valence-electron chi connectivity index (χ4n) is 1.04. The molecule has 0 bridgehead atoms. The molecular weight excluding hydrogens is 322 g/mol. The van der Waals surface area contributed by atoms with Crippen molar-refractivity contribution in [3.63, 3.8) is 0 Å². The van der Waals surface area contributed by atoms with Crippen LogP contribution in [0.1, 0.15) is 5.56 Å². The van der Waals surface area contributed by atoms with Gasteiger partial charge in [-0.05, 0) is 17.7 Å². The van der Waals surface area contributed by atoms with Crippen molar-refractivity contribution in [3.8, 4) is 0 Å². The van der Waals surface area contributed by atoms with Crippen molar-refractivity contribution in [2.45, 2.75) is 6.42 Å². The van der Waals surface area contributed by atoms with E-state index >= 15 is 0 Å². The van der Waals surface area contributed by atoms with Gasteiger partial charge in [0.2, 0.25) is 5.91 Å². The molecule has 0 saturated carbocycles. The number of carbonyl (C=O) groups is 1. The van der Waals surface area contributed by atoms with Crippen LogP contribution in [0.15, 0.2) is 39.8 Å². The second-order valence-corrected chi connectivity index (χ2v) is 5.13. The lowest BCUT2D eigenvalue weighted by molar-refractivity contribution is -0.120. The van der Waals surface area contributed by atoms with Gasteiger partial charge in [-0.25, -0.2) is 0 Å². The highest BCUT2D eigenvalue weighted by Gasteiger charge is 2.02. The predicted molar refractivity (Wildman–Crippen MR) is 68.9 cm³/mol. The van der Waals surface area contributed by atoms with Crippen molar-refractivity contribution in [3.05, 3.63) is 45.4 Å². The summed E-state index contributed by atoms with van der Waals surface area (Å²) < 4.78 is 1.78. The van der Waals surface area contributed by atoms with Gasteiger partial charge in [0.05, 0.1) is 6.42 Å². The van der Waals surface area contributed by atoms with E-state index in [0.717, 1.165) is 14.5 Å². The smallest absolute Gasteiger partial charge is 0.224 e. The summed E-state index contributed by atoms with van der Waals surface area (Å²) in [4.78, 5) is 11.4. The maximum atomic E-state index is 11.4. The van der Waals surface area contributed by atoms with Gasteiger partial charge < -0.3 is 5.32 Å². The summed E-state index contributed by atoms with van der Waals surface area (Å²) in [7, 11) is 0. The molecule has 80 valence electrons. The van der Waals surface area contributed by atoms with Gasteiger partial charge in [0.25, 0.3) is 0 Å². The van der Waals surface area contributed by atoms with Crippen LogP contribution in [0.3, 0.4) is 0 Å². The summed E-state index contributed by atoms with van der Waals surface area (Å²) in [5.74, 6) is -0.00192. The Hall–Kier alpha value is -0.610. The number of carbonyl (C=O) groups excluding carboxylic acids is 1. The van der Waals surface area contributed by atoms with Crippen LogP contribution in [-0.4, -0.2) is 12.5 Å². The molecule has 0 spiro atoms. The molecule has 0 aliphatic rings. The quantitative estimate of drug-likeness (QED) is 0.902. The molecule has 0 saturated heterocycles. The van der Waals surface area contributed by atoms with Crippen LogP contribution in [0, 0.1) is 0 Å². The summed E-state index contributed by atoms with van der Waals surface area (Å²) in [5.41, 5.74) is 0.996. The molecule has 1 N–H and O–H groups in total. The molecule has 0 radical (unpaired) electrons. The zero-order valence-corrected chi connectivity index (χ0v) is 11.3. The van der Waals surface area contributed by atoms with Crippen molar-refractivity contribution in [1.29, 1.82) is 0 Å². The molecule has 0 aliphatic carbocycles. The first kappa shape index (κ1) is 12.5.